The van der Waals surface area contributed by atoms with E-state index in [1.54, 1.807) is 29.2 Å². The summed E-state index contributed by atoms with van der Waals surface area (Å²) in [6, 6.07) is 17.0. The summed E-state index contributed by atoms with van der Waals surface area (Å²) in [6.45, 7) is 0.0712. The van der Waals surface area contributed by atoms with E-state index in [4.69, 9.17) is 9.15 Å². The van der Waals surface area contributed by atoms with E-state index >= 15 is 0 Å². The zero-order chi connectivity index (χ0) is 21.1. The number of sulfone groups is 1. The molecule has 156 valence electrons. The van der Waals surface area contributed by atoms with Crippen LogP contribution in [0, 0.1) is 0 Å². The van der Waals surface area contributed by atoms with Crippen LogP contribution >= 0.6 is 0 Å². The Morgan fingerprint density at radius 1 is 1.10 bits per heavy atom. The van der Waals surface area contributed by atoms with Crippen LogP contribution in [0.4, 0.5) is 0 Å². The number of rotatable bonds is 6. The van der Waals surface area contributed by atoms with Crippen molar-refractivity contribution < 1.29 is 22.4 Å². The quantitative estimate of drug-likeness (QED) is 0.561. The monoisotopic (exact) mass is 427 g/mol. The third kappa shape index (κ3) is 4.71. The maximum atomic E-state index is 13.0. The van der Waals surface area contributed by atoms with E-state index in [9.17, 15) is 18.0 Å². The lowest BCUT2D eigenvalue weighted by Gasteiger charge is -2.28. The van der Waals surface area contributed by atoms with Gasteiger partial charge in [-0.1, -0.05) is 30.3 Å². The second-order valence-electron chi connectivity index (χ2n) is 7.31. The fourth-order valence-electron chi connectivity index (χ4n) is 3.58. The number of ether oxygens (including phenoxy) is 1. The van der Waals surface area contributed by atoms with E-state index in [-0.39, 0.29) is 30.1 Å². The minimum atomic E-state index is -3.14. The Balaban J connectivity index is 1.50. The fourth-order valence-corrected chi connectivity index (χ4v) is 5.31. The lowest BCUT2D eigenvalue weighted by atomic mass is 10.1. The van der Waals surface area contributed by atoms with Crippen LogP contribution in [0.25, 0.3) is 11.0 Å². The second kappa shape index (κ2) is 8.31. The van der Waals surface area contributed by atoms with E-state index < -0.39 is 15.5 Å². The van der Waals surface area contributed by atoms with Gasteiger partial charge in [0.1, 0.15) is 11.3 Å². The zero-order valence-corrected chi connectivity index (χ0v) is 17.0. The molecule has 1 saturated heterocycles. The minimum Gasteiger partial charge on any atom is -0.484 e. The van der Waals surface area contributed by atoms with Crippen LogP contribution in [-0.2, 0) is 21.2 Å². The molecular formula is C22H21NO6S. The average Bonchev–Trinajstić information content (AvgIpc) is 3.10. The molecule has 0 unspecified atom stereocenters. The van der Waals surface area contributed by atoms with Gasteiger partial charge in [0.2, 0.25) is 0 Å². The first-order valence-electron chi connectivity index (χ1n) is 9.60. The third-order valence-corrected chi connectivity index (χ3v) is 6.87. The third-order valence-electron chi connectivity index (χ3n) is 5.12. The number of carbonyl (C=O) groups is 1. The molecule has 7 nitrogen and oxygen atoms in total. The van der Waals surface area contributed by atoms with Crippen LogP contribution in [0.15, 0.2) is 69.9 Å². The van der Waals surface area contributed by atoms with Crippen molar-refractivity contribution in [3.8, 4) is 5.75 Å². The lowest BCUT2D eigenvalue weighted by Crippen LogP contribution is -2.43. The van der Waals surface area contributed by atoms with E-state index in [1.807, 2.05) is 30.3 Å². The van der Waals surface area contributed by atoms with E-state index in [0.717, 1.165) is 10.9 Å². The van der Waals surface area contributed by atoms with Gasteiger partial charge in [0.05, 0.1) is 11.5 Å². The smallest absolute Gasteiger partial charge is 0.336 e. The van der Waals surface area contributed by atoms with Crippen molar-refractivity contribution in [1.82, 2.24) is 4.90 Å². The van der Waals surface area contributed by atoms with Crippen molar-refractivity contribution in [3.63, 3.8) is 0 Å². The molecular weight excluding hydrogens is 406 g/mol. The van der Waals surface area contributed by atoms with Gasteiger partial charge in [0.15, 0.2) is 16.4 Å². The highest BCUT2D eigenvalue weighted by Gasteiger charge is 2.34. The average molecular weight is 427 g/mol. The molecule has 0 saturated carbocycles. The number of benzene rings is 2. The van der Waals surface area contributed by atoms with Gasteiger partial charge in [-0.3, -0.25) is 4.79 Å². The topological polar surface area (TPSA) is 93.9 Å². The first-order valence-corrected chi connectivity index (χ1v) is 11.4. The van der Waals surface area contributed by atoms with Crippen LogP contribution in [0.3, 0.4) is 0 Å². The van der Waals surface area contributed by atoms with Gasteiger partial charge in [0.25, 0.3) is 5.91 Å². The van der Waals surface area contributed by atoms with Crippen molar-refractivity contribution in [2.45, 2.75) is 19.0 Å². The maximum Gasteiger partial charge on any atom is 0.336 e. The Kier molecular flexibility index (Phi) is 5.59. The molecule has 0 aliphatic carbocycles. The molecule has 1 atom stereocenters. The second-order valence-corrected chi connectivity index (χ2v) is 9.54. The number of fused-ring (bicyclic) bond motifs is 1. The van der Waals surface area contributed by atoms with Gasteiger partial charge in [-0.2, -0.15) is 0 Å². The predicted octanol–water partition coefficient (Wildman–Crippen LogP) is 2.39. The molecule has 1 aliphatic heterocycles. The summed E-state index contributed by atoms with van der Waals surface area (Å²) in [5.74, 6) is 0.146. The molecule has 1 aliphatic rings. The molecule has 0 bridgehead atoms. The molecule has 4 rings (SSSR count). The van der Waals surface area contributed by atoms with Crippen LogP contribution in [-0.4, -0.2) is 43.4 Å². The van der Waals surface area contributed by atoms with Crippen molar-refractivity contribution in [3.05, 3.63) is 76.6 Å². The van der Waals surface area contributed by atoms with Crippen LogP contribution in [0.5, 0.6) is 5.75 Å². The largest absolute Gasteiger partial charge is 0.484 e. The van der Waals surface area contributed by atoms with Gasteiger partial charge in [0, 0.05) is 30.1 Å². The molecule has 1 aromatic heterocycles. The Morgan fingerprint density at radius 2 is 1.87 bits per heavy atom. The first-order chi connectivity index (χ1) is 14.4. The van der Waals surface area contributed by atoms with Gasteiger partial charge in [-0.05, 0) is 30.2 Å². The van der Waals surface area contributed by atoms with Crippen LogP contribution in [0.2, 0.25) is 0 Å². The van der Waals surface area contributed by atoms with E-state index in [0.29, 0.717) is 24.3 Å². The maximum absolute atomic E-state index is 13.0. The summed E-state index contributed by atoms with van der Waals surface area (Å²) < 4.78 is 34.7. The molecule has 8 heteroatoms. The molecule has 30 heavy (non-hydrogen) atoms. The summed E-state index contributed by atoms with van der Waals surface area (Å²) in [4.78, 5) is 26.0. The van der Waals surface area contributed by atoms with Crippen molar-refractivity contribution in [2.75, 3.05) is 18.1 Å². The van der Waals surface area contributed by atoms with E-state index in [2.05, 4.69) is 0 Å². The Bertz CT molecular complexity index is 1220. The van der Waals surface area contributed by atoms with Crippen LogP contribution in [0.1, 0.15) is 12.0 Å². The highest BCUT2D eigenvalue weighted by Crippen LogP contribution is 2.22. The number of hydrogen-bond donors (Lipinski definition) is 0. The Labute approximate surface area is 173 Å². The van der Waals surface area contributed by atoms with Gasteiger partial charge in [-0.25, -0.2) is 13.2 Å². The Hall–Kier alpha value is -3.13. The number of hydrogen-bond acceptors (Lipinski definition) is 6. The van der Waals surface area contributed by atoms with E-state index in [1.165, 1.54) is 6.07 Å². The highest BCUT2D eigenvalue weighted by atomic mass is 32.2. The first kappa shape index (κ1) is 20.2. The van der Waals surface area contributed by atoms with Crippen LogP contribution < -0.4 is 10.4 Å². The fraction of sp³-hybridized carbons (Fsp3) is 0.273. The van der Waals surface area contributed by atoms with Crippen molar-refractivity contribution in [1.29, 1.82) is 0 Å². The zero-order valence-electron chi connectivity index (χ0n) is 16.2. The molecule has 1 fully saturated rings. The predicted molar refractivity (Wildman–Crippen MR) is 112 cm³/mol. The minimum absolute atomic E-state index is 0.0350. The molecule has 2 heterocycles. The summed E-state index contributed by atoms with van der Waals surface area (Å²) in [5, 5.41) is 0.746. The lowest BCUT2D eigenvalue weighted by molar-refractivity contribution is -0.136. The molecule has 0 spiro atoms. The summed E-state index contributed by atoms with van der Waals surface area (Å²) in [5.41, 5.74) is 0.824. The SMILES string of the molecule is O=C(COc1ccc2ccc(=O)oc2c1)N(Cc1ccccc1)[C@H]1CCS(=O)(=O)C1. The normalized spacial score (nSPS) is 17.7. The van der Waals surface area contributed by atoms with Crippen molar-refractivity contribution >= 4 is 26.7 Å². The Morgan fingerprint density at radius 3 is 2.60 bits per heavy atom. The van der Waals surface area contributed by atoms with Crippen molar-refractivity contribution in [2.24, 2.45) is 0 Å². The highest BCUT2D eigenvalue weighted by molar-refractivity contribution is 7.91. The van der Waals surface area contributed by atoms with Gasteiger partial charge >= 0.3 is 5.63 Å². The summed E-state index contributed by atoms with van der Waals surface area (Å²) >= 11 is 0. The standard InChI is InChI=1S/C22H21NO6S/c24-21(14-28-19-8-6-17-7-9-22(25)29-20(17)12-19)23(13-16-4-2-1-3-5-16)18-10-11-30(26,27)15-18/h1-9,12,18H,10-11,13-15H2/t18-/m0/s1. The molecule has 3 aromatic rings. The molecule has 0 radical (unpaired) electrons. The number of carbonyl (C=O) groups excluding carboxylic acids is 1. The molecule has 1 amide bonds. The van der Waals surface area contributed by atoms with Gasteiger partial charge < -0.3 is 14.1 Å². The molecule has 2 aromatic carbocycles. The van der Waals surface area contributed by atoms with Gasteiger partial charge in [-0.15, -0.1) is 0 Å². The number of nitrogens with zero attached hydrogens (tertiary/aromatic N) is 1. The number of amides is 1. The molecule has 0 N–H and O–H groups in total. The summed E-state index contributed by atoms with van der Waals surface area (Å²) in [7, 11) is -3.14. The summed E-state index contributed by atoms with van der Waals surface area (Å²) in [6.07, 6.45) is 0.419.